The summed E-state index contributed by atoms with van der Waals surface area (Å²) in [6.07, 6.45) is 0.533. The Balaban J connectivity index is 2.67. The Labute approximate surface area is 95.8 Å². The van der Waals surface area contributed by atoms with E-state index in [1.807, 2.05) is 0 Å². The number of aliphatic hydroxyl groups excluding tert-OH is 1. The fourth-order valence-corrected chi connectivity index (χ4v) is 1.65. The van der Waals surface area contributed by atoms with Crippen molar-refractivity contribution in [2.45, 2.75) is 13.0 Å². The van der Waals surface area contributed by atoms with Gasteiger partial charge < -0.3 is 9.84 Å². The third-order valence-electron chi connectivity index (χ3n) is 2.08. The molecule has 5 heteroatoms. The summed E-state index contributed by atoms with van der Waals surface area (Å²) in [5, 5.41) is 9.47. The molecule has 0 bridgehead atoms. The summed E-state index contributed by atoms with van der Waals surface area (Å²) in [6, 6.07) is 7.04. The van der Waals surface area contributed by atoms with Crippen LogP contribution in [0.2, 0.25) is 0 Å². The maximum atomic E-state index is 10.9. The van der Waals surface area contributed by atoms with Crippen LogP contribution in [0.25, 0.3) is 0 Å². The standard InChI is InChI=1S/C11H16O4S/c1-9(12)10-5-3-4-6-11(10)15-7-8-16(2,13)14/h3-6,9,12H,7-8H2,1-2H3/t9-/m1/s1. The fraction of sp³-hybridized carbons (Fsp3) is 0.455. The van der Waals surface area contributed by atoms with E-state index < -0.39 is 15.9 Å². The average molecular weight is 244 g/mol. The van der Waals surface area contributed by atoms with Gasteiger partial charge in [-0.05, 0) is 13.0 Å². The van der Waals surface area contributed by atoms with Gasteiger partial charge in [0.05, 0.1) is 11.9 Å². The van der Waals surface area contributed by atoms with Gasteiger partial charge in [0.1, 0.15) is 12.4 Å². The van der Waals surface area contributed by atoms with Crippen LogP contribution in [-0.4, -0.2) is 32.1 Å². The van der Waals surface area contributed by atoms with Gasteiger partial charge in [-0.3, -0.25) is 0 Å². The summed E-state index contributed by atoms with van der Waals surface area (Å²) in [5.41, 5.74) is 0.663. The van der Waals surface area contributed by atoms with Crippen molar-refractivity contribution in [3.05, 3.63) is 29.8 Å². The molecule has 0 radical (unpaired) electrons. The first-order chi connectivity index (χ1) is 7.40. The maximum Gasteiger partial charge on any atom is 0.150 e. The molecule has 0 unspecified atom stereocenters. The van der Waals surface area contributed by atoms with Gasteiger partial charge in [0.15, 0.2) is 9.84 Å². The minimum atomic E-state index is -3.01. The van der Waals surface area contributed by atoms with Gasteiger partial charge in [-0.25, -0.2) is 8.42 Å². The van der Waals surface area contributed by atoms with E-state index in [1.165, 1.54) is 0 Å². The van der Waals surface area contributed by atoms with Gasteiger partial charge in [-0.15, -0.1) is 0 Å². The van der Waals surface area contributed by atoms with Crippen LogP contribution in [0.5, 0.6) is 5.75 Å². The van der Waals surface area contributed by atoms with Crippen molar-refractivity contribution in [2.24, 2.45) is 0 Å². The van der Waals surface area contributed by atoms with Crippen molar-refractivity contribution in [3.8, 4) is 5.75 Å². The van der Waals surface area contributed by atoms with Gasteiger partial charge in [0, 0.05) is 11.8 Å². The number of ether oxygens (including phenoxy) is 1. The van der Waals surface area contributed by atoms with E-state index in [1.54, 1.807) is 31.2 Å². The molecule has 1 aromatic carbocycles. The lowest BCUT2D eigenvalue weighted by Crippen LogP contribution is -2.13. The largest absolute Gasteiger partial charge is 0.492 e. The molecule has 0 fully saturated rings. The summed E-state index contributed by atoms with van der Waals surface area (Å²) in [7, 11) is -3.01. The van der Waals surface area contributed by atoms with Crippen LogP contribution >= 0.6 is 0 Å². The van der Waals surface area contributed by atoms with Crippen LogP contribution in [-0.2, 0) is 9.84 Å². The number of rotatable bonds is 5. The molecule has 0 amide bonds. The van der Waals surface area contributed by atoms with Crippen LogP contribution in [0.3, 0.4) is 0 Å². The van der Waals surface area contributed by atoms with Gasteiger partial charge >= 0.3 is 0 Å². The van der Waals surface area contributed by atoms with Gasteiger partial charge in [-0.1, -0.05) is 18.2 Å². The molecule has 0 heterocycles. The Morgan fingerprint density at radius 3 is 2.56 bits per heavy atom. The molecule has 0 saturated heterocycles. The molecule has 0 aliphatic rings. The molecule has 1 N–H and O–H groups in total. The molecule has 0 aromatic heterocycles. The predicted octanol–water partition coefficient (Wildman–Crippen LogP) is 1.16. The summed E-state index contributed by atoms with van der Waals surface area (Å²) < 4.78 is 27.2. The normalized spacial score (nSPS) is 13.4. The highest BCUT2D eigenvalue weighted by atomic mass is 32.2. The topological polar surface area (TPSA) is 63.6 Å². The summed E-state index contributed by atoms with van der Waals surface area (Å²) in [4.78, 5) is 0. The number of aliphatic hydroxyl groups is 1. The first kappa shape index (κ1) is 13.0. The molecule has 0 spiro atoms. The van der Waals surface area contributed by atoms with E-state index in [9.17, 15) is 13.5 Å². The number of sulfone groups is 1. The van der Waals surface area contributed by atoms with Crippen molar-refractivity contribution in [3.63, 3.8) is 0 Å². The minimum absolute atomic E-state index is 0.0266. The van der Waals surface area contributed by atoms with Crippen LogP contribution < -0.4 is 4.74 Å². The summed E-state index contributed by atoms with van der Waals surface area (Å²) >= 11 is 0. The second kappa shape index (κ2) is 5.32. The lowest BCUT2D eigenvalue weighted by atomic mass is 10.1. The summed E-state index contributed by atoms with van der Waals surface area (Å²) in [5.74, 6) is 0.502. The van der Waals surface area contributed by atoms with Crippen molar-refractivity contribution in [1.29, 1.82) is 0 Å². The monoisotopic (exact) mass is 244 g/mol. The van der Waals surface area contributed by atoms with Crippen LogP contribution in [0, 0.1) is 0 Å². The zero-order valence-corrected chi connectivity index (χ0v) is 10.2. The second-order valence-electron chi connectivity index (χ2n) is 3.69. The number of para-hydroxylation sites is 1. The molecule has 0 aliphatic heterocycles. The van der Waals surface area contributed by atoms with E-state index in [0.29, 0.717) is 11.3 Å². The van der Waals surface area contributed by atoms with Gasteiger partial charge in [0.2, 0.25) is 0 Å². The van der Waals surface area contributed by atoms with Crippen LogP contribution in [0.4, 0.5) is 0 Å². The Morgan fingerprint density at radius 1 is 1.38 bits per heavy atom. The van der Waals surface area contributed by atoms with Gasteiger partial charge in [0.25, 0.3) is 0 Å². The first-order valence-electron chi connectivity index (χ1n) is 4.97. The molecule has 1 rings (SSSR count). The molecule has 16 heavy (non-hydrogen) atoms. The Morgan fingerprint density at radius 2 is 2.00 bits per heavy atom. The number of hydrogen-bond donors (Lipinski definition) is 1. The molecule has 0 saturated carbocycles. The van der Waals surface area contributed by atoms with E-state index in [4.69, 9.17) is 4.74 Å². The highest BCUT2D eigenvalue weighted by molar-refractivity contribution is 7.90. The predicted molar refractivity (Wildman–Crippen MR) is 62.3 cm³/mol. The second-order valence-corrected chi connectivity index (χ2v) is 5.95. The lowest BCUT2D eigenvalue weighted by Gasteiger charge is -2.12. The van der Waals surface area contributed by atoms with Crippen molar-refractivity contribution in [2.75, 3.05) is 18.6 Å². The zero-order valence-electron chi connectivity index (χ0n) is 9.38. The minimum Gasteiger partial charge on any atom is -0.492 e. The summed E-state index contributed by atoms with van der Waals surface area (Å²) in [6.45, 7) is 1.74. The third-order valence-corrected chi connectivity index (χ3v) is 2.99. The Bertz CT molecular complexity index is 437. The highest BCUT2D eigenvalue weighted by Gasteiger charge is 2.09. The SMILES string of the molecule is C[C@@H](O)c1ccccc1OCCS(C)(=O)=O. The zero-order chi connectivity index (χ0) is 12.2. The van der Waals surface area contributed by atoms with E-state index in [0.717, 1.165) is 6.26 Å². The quantitative estimate of drug-likeness (QED) is 0.844. The number of benzene rings is 1. The maximum absolute atomic E-state index is 10.9. The van der Waals surface area contributed by atoms with Crippen LogP contribution in [0.15, 0.2) is 24.3 Å². The smallest absolute Gasteiger partial charge is 0.150 e. The van der Waals surface area contributed by atoms with Crippen LogP contribution in [0.1, 0.15) is 18.6 Å². The van der Waals surface area contributed by atoms with Crippen molar-refractivity contribution < 1.29 is 18.3 Å². The van der Waals surface area contributed by atoms with E-state index in [2.05, 4.69) is 0 Å². The lowest BCUT2D eigenvalue weighted by molar-refractivity contribution is 0.192. The number of hydrogen-bond acceptors (Lipinski definition) is 4. The molecule has 0 aliphatic carbocycles. The highest BCUT2D eigenvalue weighted by Crippen LogP contribution is 2.24. The average Bonchev–Trinajstić information content (AvgIpc) is 2.16. The molecule has 4 nitrogen and oxygen atoms in total. The molecular weight excluding hydrogens is 228 g/mol. The Hall–Kier alpha value is -1.07. The molecular formula is C11H16O4S. The molecule has 1 atom stereocenters. The first-order valence-corrected chi connectivity index (χ1v) is 7.04. The van der Waals surface area contributed by atoms with Crippen molar-refractivity contribution in [1.82, 2.24) is 0 Å². The Kier molecular flexibility index (Phi) is 4.32. The van der Waals surface area contributed by atoms with Crippen molar-refractivity contribution >= 4 is 9.84 Å². The fourth-order valence-electron chi connectivity index (χ4n) is 1.26. The molecule has 1 aromatic rings. The van der Waals surface area contributed by atoms with E-state index >= 15 is 0 Å². The third kappa shape index (κ3) is 4.20. The molecule has 90 valence electrons. The van der Waals surface area contributed by atoms with Gasteiger partial charge in [-0.2, -0.15) is 0 Å². The van der Waals surface area contributed by atoms with E-state index in [-0.39, 0.29) is 12.4 Å².